The number of piperidine rings is 1. The number of imidazole rings is 1. The number of aromatic nitrogens is 2. The molecule has 156 valence electrons. The van der Waals surface area contributed by atoms with Crippen molar-refractivity contribution in [3.8, 4) is 11.3 Å². The molecule has 2 aromatic heterocycles. The van der Waals surface area contributed by atoms with Gasteiger partial charge in [-0.3, -0.25) is 9.69 Å². The predicted molar refractivity (Wildman–Crippen MR) is 121 cm³/mol. The maximum atomic E-state index is 13.1. The SMILES string of the molecule is CC(C)N1Cc2c(-c3ccccc3)ncn2C2(CCCN(C(=O)c3ccsc3)C2)C1. The van der Waals surface area contributed by atoms with E-state index in [1.807, 2.05) is 29.2 Å². The first kappa shape index (κ1) is 19.5. The smallest absolute Gasteiger partial charge is 0.254 e. The van der Waals surface area contributed by atoms with Crippen molar-refractivity contribution in [2.75, 3.05) is 19.6 Å². The van der Waals surface area contributed by atoms with Crippen LogP contribution in [0, 0.1) is 0 Å². The van der Waals surface area contributed by atoms with Crippen LogP contribution < -0.4 is 0 Å². The first-order chi connectivity index (χ1) is 14.6. The Morgan fingerprint density at radius 3 is 2.73 bits per heavy atom. The van der Waals surface area contributed by atoms with Crippen molar-refractivity contribution in [1.29, 1.82) is 0 Å². The number of rotatable bonds is 3. The molecular formula is C24H28N4OS. The normalized spacial score (nSPS) is 21.9. The molecule has 1 aromatic carbocycles. The molecule has 1 saturated heterocycles. The van der Waals surface area contributed by atoms with Gasteiger partial charge in [-0.1, -0.05) is 30.3 Å². The standard InChI is InChI=1S/C24H28N4OS/c1-18(2)27-13-21-22(19-7-4-3-5-8-19)25-17-28(21)24(16-27)10-6-11-26(15-24)23(29)20-9-12-30-14-20/h3-5,7-9,12,14,17-18H,6,10-11,13,15-16H2,1-2H3. The van der Waals surface area contributed by atoms with Crippen LogP contribution in [-0.2, 0) is 12.1 Å². The Bertz CT molecular complexity index is 1030. The number of nitrogens with zero attached hydrogens (tertiary/aromatic N) is 4. The summed E-state index contributed by atoms with van der Waals surface area (Å²) in [4.78, 5) is 22.6. The van der Waals surface area contributed by atoms with Gasteiger partial charge < -0.3 is 9.47 Å². The van der Waals surface area contributed by atoms with Gasteiger partial charge in [0.15, 0.2) is 0 Å². The van der Waals surface area contributed by atoms with E-state index in [9.17, 15) is 4.79 Å². The number of carbonyl (C=O) groups is 1. The summed E-state index contributed by atoms with van der Waals surface area (Å²) in [5.74, 6) is 0.155. The van der Waals surface area contributed by atoms with E-state index in [0.29, 0.717) is 6.04 Å². The average molecular weight is 421 g/mol. The number of likely N-dealkylation sites (tertiary alicyclic amines) is 1. The Morgan fingerprint density at radius 2 is 2.00 bits per heavy atom. The van der Waals surface area contributed by atoms with Crippen molar-refractivity contribution >= 4 is 17.2 Å². The summed E-state index contributed by atoms with van der Waals surface area (Å²) in [5.41, 5.74) is 4.19. The van der Waals surface area contributed by atoms with Gasteiger partial charge in [0, 0.05) is 43.2 Å². The number of carbonyl (C=O) groups excluding carboxylic acids is 1. The topological polar surface area (TPSA) is 41.4 Å². The predicted octanol–water partition coefficient (Wildman–Crippen LogP) is 4.47. The second kappa shape index (κ2) is 7.67. The molecule has 0 saturated carbocycles. The highest BCUT2D eigenvalue weighted by Crippen LogP contribution is 2.39. The van der Waals surface area contributed by atoms with Crippen LogP contribution in [0.1, 0.15) is 42.7 Å². The lowest BCUT2D eigenvalue weighted by atomic mass is 9.85. The average Bonchev–Trinajstić information content (AvgIpc) is 3.44. The third-order valence-electron chi connectivity index (χ3n) is 6.62. The zero-order chi connectivity index (χ0) is 20.7. The molecule has 0 radical (unpaired) electrons. The van der Waals surface area contributed by atoms with Gasteiger partial charge in [0.05, 0.1) is 28.8 Å². The van der Waals surface area contributed by atoms with Gasteiger partial charge in [-0.05, 0) is 38.1 Å². The lowest BCUT2D eigenvalue weighted by molar-refractivity contribution is 0.0179. The van der Waals surface area contributed by atoms with Crippen LogP contribution in [0.15, 0.2) is 53.5 Å². The molecule has 1 spiro atoms. The molecule has 4 heterocycles. The molecule has 5 nitrogen and oxygen atoms in total. The Labute approximate surface area is 182 Å². The van der Waals surface area contributed by atoms with Gasteiger partial charge in [-0.15, -0.1) is 0 Å². The van der Waals surface area contributed by atoms with E-state index in [2.05, 4.69) is 52.5 Å². The van der Waals surface area contributed by atoms with Crippen LogP contribution in [0.5, 0.6) is 0 Å². The fourth-order valence-corrected chi connectivity index (χ4v) is 5.65. The van der Waals surface area contributed by atoms with E-state index in [1.165, 1.54) is 5.69 Å². The van der Waals surface area contributed by atoms with Gasteiger partial charge in [0.2, 0.25) is 0 Å². The lowest BCUT2D eigenvalue weighted by Crippen LogP contribution is -2.60. The fourth-order valence-electron chi connectivity index (χ4n) is 5.02. The van der Waals surface area contributed by atoms with E-state index < -0.39 is 0 Å². The van der Waals surface area contributed by atoms with Crippen LogP contribution >= 0.6 is 11.3 Å². The molecule has 30 heavy (non-hydrogen) atoms. The molecule has 0 aliphatic carbocycles. The third kappa shape index (κ3) is 3.28. The number of hydrogen-bond acceptors (Lipinski definition) is 4. The summed E-state index contributed by atoms with van der Waals surface area (Å²) in [7, 11) is 0. The largest absolute Gasteiger partial charge is 0.336 e. The Hall–Kier alpha value is -2.44. The number of benzene rings is 1. The van der Waals surface area contributed by atoms with Gasteiger partial charge >= 0.3 is 0 Å². The minimum Gasteiger partial charge on any atom is -0.336 e. The summed E-state index contributed by atoms with van der Waals surface area (Å²) in [6.07, 6.45) is 4.11. The molecule has 1 atom stereocenters. The maximum absolute atomic E-state index is 13.1. The summed E-state index contributed by atoms with van der Waals surface area (Å²) in [6, 6.07) is 12.8. The van der Waals surface area contributed by atoms with Crippen molar-refractivity contribution < 1.29 is 4.79 Å². The fraction of sp³-hybridized carbons (Fsp3) is 0.417. The van der Waals surface area contributed by atoms with Crippen molar-refractivity contribution in [2.45, 2.75) is 44.8 Å². The lowest BCUT2D eigenvalue weighted by Gasteiger charge is -2.50. The zero-order valence-corrected chi connectivity index (χ0v) is 18.4. The van der Waals surface area contributed by atoms with Crippen LogP contribution in [0.3, 0.4) is 0 Å². The zero-order valence-electron chi connectivity index (χ0n) is 17.6. The maximum Gasteiger partial charge on any atom is 0.254 e. The Morgan fingerprint density at radius 1 is 1.17 bits per heavy atom. The van der Waals surface area contributed by atoms with E-state index >= 15 is 0 Å². The van der Waals surface area contributed by atoms with Crippen molar-refractivity contribution in [3.63, 3.8) is 0 Å². The van der Waals surface area contributed by atoms with E-state index in [4.69, 9.17) is 4.98 Å². The number of fused-ring (bicyclic) bond motifs is 2. The quantitative estimate of drug-likeness (QED) is 0.628. The van der Waals surface area contributed by atoms with Crippen LogP contribution in [0.4, 0.5) is 0 Å². The molecule has 0 N–H and O–H groups in total. The second-order valence-electron chi connectivity index (χ2n) is 8.84. The molecule has 5 rings (SSSR count). The number of thiophene rings is 1. The van der Waals surface area contributed by atoms with Crippen molar-refractivity contribution in [1.82, 2.24) is 19.4 Å². The Balaban J connectivity index is 1.55. The number of hydrogen-bond donors (Lipinski definition) is 0. The van der Waals surface area contributed by atoms with E-state index in [1.54, 1.807) is 11.3 Å². The first-order valence-corrected chi connectivity index (χ1v) is 11.7. The molecule has 6 heteroatoms. The molecule has 1 amide bonds. The molecule has 0 bridgehead atoms. The van der Waals surface area contributed by atoms with Gasteiger partial charge in [0.25, 0.3) is 5.91 Å². The van der Waals surface area contributed by atoms with Crippen LogP contribution in [0.2, 0.25) is 0 Å². The highest BCUT2D eigenvalue weighted by Gasteiger charge is 2.45. The monoisotopic (exact) mass is 420 g/mol. The summed E-state index contributed by atoms with van der Waals surface area (Å²) in [5, 5.41) is 3.94. The van der Waals surface area contributed by atoms with Gasteiger partial charge in [0.1, 0.15) is 0 Å². The minimum absolute atomic E-state index is 0.123. The van der Waals surface area contributed by atoms with Crippen molar-refractivity contribution in [3.05, 3.63) is 64.7 Å². The van der Waals surface area contributed by atoms with E-state index in [-0.39, 0.29) is 11.4 Å². The molecule has 1 unspecified atom stereocenters. The van der Waals surface area contributed by atoms with Gasteiger partial charge in [-0.2, -0.15) is 11.3 Å². The molecule has 1 fully saturated rings. The van der Waals surface area contributed by atoms with Crippen molar-refractivity contribution in [2.24, 2.45) is 0 Å². The summed E-state index contributed by atoms with van der Waals surface area (Å²) >= 11 is 1.58. The minimum atomic E-state index is -0.123. The number of amides is 1. The second-order valence-corrected chi connectivity index (χ2v) is 9.62. The molecule has 2 aliphatic rings. The first-order valence-electron chi connectivity index (χ1n) is 10.7. The van der Waals surface area contributed by atoms with E-state index in [0.717, 1.165) is 55.8 Å². The summed E-state index contributed by atoms with van der Waals surface area (Å²) in [6.45, 7) is 7.94. The third-order valence-corrected chi connectivity index (χ3v) is 7.30. The molecular weight excluding hydrogens is 392 g/mol. The summed E-state index contributed by atoms with van der Waals surface area (Å²) < 4.78 is 2.40. The van der Waals surface area contributed by atoms with Gasteiger partial charge in [-0.25, -0.2) is 4.98 Å². The van der Waals surface area contributed by atoms with Crippen LogP contribution in [0.25, 0.3) is 11.3 Å². The molecule has 2 aliphatic heterocycles. The van der Waals surface area contributed by atoms with Crippen LogP contribution in [-0.4, -0.2) is 50.9 Å². The Kier molecular flexibility index (Phi) is 4.99. The highest BCUT2D eigenvalue weighted by atomic mass is 32.1. The molecule has 3 aromatic rings. The highest BCUT2D eigenvalue weighted by molar-refractivity contribution is 7.08.